The molecule has 0 aliphatic rings. The van der Waals surface area contributed by atoms with E-state index in [1.165, 1.54) is 12.1 Å². The summed E-state index contributed by atoms with van der Waals surface area (Å²) in [5.41, 5.74) is 3.10. The Bertz CT molecular complexity index is 1050. The minimum absolute atomic E-state index is 0.214. The molecule has 158 valence electrons. The fourth-order valence-corrected chi connectivity index (χ4v) is 3.45. The number of halogens is 1. The number of aryl methyl sites for hydroxylation is 1. The van der Waals surface area contributed by atoms with Crippen molar-refractivity contribution in [3.8, 4) is 11.4 Å². The van der Waals surface area contributed by atoms with Crippen LogP contribution in [0, 0.1) is 5.82 Å². The third-order valence-electron chi connectivity index (χ3n) is 5.09. The third kappa shape index (κ3) is 6.30. The van der Waals surface area contributed by atoms with Crippen molar-refractivity contribution in [3.05, 3.63) is 102 Å². The lowest BCUT2D eigenvalue weighted by atomic mass is 10.1. The highest BCUT2D eigenvalue weighted by Gasteiger charge is 2.11. The summed E-state index contributed by atoms with van der Waals surface area (Å²) in [7, 11) is 0. The monoisotopic (exact) mass is 416 g/mol. The van der Waals surface area contributed by atoms with Crippen LogP contribution in [0.1, 0.15) is 23.6 Å². The van der Waals surface area contributed by atoms with Crippen molar-refractivity contribution in [1.82, 2.24) is 20.0 Å². The molecule has 4 aromatic rings. The molecular weight excluding hydrogens is 391 g/mol. The predicted octanol–water partition coefficient (Wildman–Crippen LogP) is 4.95. The maximum atomic E-state index is 13.3. The van der Waals surface area contributed by atoms with E-state index < -0.39 is 0 Å². The van der Waals surface area contributed by atoms with Gasteiger partial charge in [-0.3, -0.25) is 9.88 Å². The molecule has 0 atom stereocenters. The van der Waals surface area contributed by atoms with Gasteiger partial charge in [-0.2, -0.15) is 4.98 Å². The van der Waals surface area contributed by atoms with Gasteiger partial charge in [0.25, 0.3) is 0 Å². The Morgan fingerprint density at radius 1 is 0.839 bits per heavy atom. The van der Waals surface area contributed by atoms with Gasteiger partial charge in [0, 0.05) is 43.4 Å². The van der Waals surface area contributed by atoms with Crippen LogP contribution in [-0.2, 0) is 19.4 Å². The molecule has 0 saturated carbocycles. The van der Waals surface area contributed by atoms with Crippen LogP contribution in [0.25, 0.3) is 11.4 Å². The number of pyridine rings is 1. The molecule has 2 aromatic carbocycles. The molecule has 31 heavy (non-hydrogen) atoms. The maximum absolute atomic E-state index is 13.3. The molecule has 6 heteroatoms. The van der Waals surface area contributed by atoms with E-state index in [9.17, 15) is 4.39 Å². The van der Waals surface area contributed by atoms with Gasteiger partial charge in [-0.15, -0.1) is 0 Å². The second-order valence-corrected chi connectivity index (χ2v) is 7.45. The van der Waals surface area contributed by atoms with Crippen LogP contribution in [0.15, 0.2) is 83.5 Å². The zero-order valence-corrected chi connectivity index (χ0v) is 17.3. The van der Waals surface area contributed by atoms with E-state index in [0.717, 1.165) is 49.3 Å². The van der Waals surface area contributed by atoms with E-state index in [4.69, 9.17) is 4.52 Å². The first-order valence-corrected chi connectivity index (χ1v) is 10.5. The van der Waals surface area contributed by atoms with Gasteiger partial charge in [-0.05, 0) is 42.8 Å². The zero-order chi connectivity index (χ0) is 21.3. The largest absolute Gasteiger partial charge is 0.339 e. The summed E-state index contributed by atoms with van der Waals surface area (Å²) in [4.78, 5) is 11.3. The highest BCUT2D eigenvalue weighted by atomic mass is 19.1. The molecule has 0 saturated heterocycles. The van der Waals surface area contributed by atoms with Crippen molar-refractivity contribution in [3.63, 3.8) is 0 Å². The molecule has 0 spiro atoms. The van der Waals surface area contributed by atoms with Crippen LogP contribution in [-0.4, -0.2) is 33.1 Å². The molecule has 5 nitrogen and oxygen atoms in total. The normalized spacial score (nSPS) is 11.2. The average Bonchev–Trinajstić information content (AvgIpc) is 3.29. The minimum Gasteiger partial charge on any atom is -0.339 e. The van der Waals surface area contributed by atoms with E-state index in [2.05, 4.69) is 20.0 Å². The van der Waals surface area contributed by atoms with Crippen molar-refractivity contribution in [2.45, 2.75) is 25.8 Å². The lowest BCUT2D eigenvalue weighted by molar-refractivity contribution is 0.259. The van der Waals surface area contributed by atoms with Gasteiger partial charge in [-0.25, -0.2) is 4.39 Å². The summed E-state index contributed by atoms with van der Waals surface area (Å²) in [6, 6.07) is 22.5. The number of hydrogen-bond donors (Lipinski definition) is 0. The molecular formula is C25H25FN4O. The van der Waals surface area contributed by atoms with E-state index >= 15 is 0 Å². The SMILES string of the molecule is Fc1ccc(CN(CCCc2nc(-c3ccccc3)no2)CCc2ccccn2)cc1. The Kier molecular flexibility index (Phi) is 7.13. The molecule has 0 unspecified atom stereocenters. The number of nitrogens with zero attached hydrogens (tertiary/aromatic N) is 4. The predicted molar refractivity (Wildman–Crippen MR) is 118 cm³/mol. The second-order valence-electron chi connectivity index (χ2n) is 7.45. The van der Waals surface area contributed by atoms with E-state index in [1.54, 1.807) is 0 Å². The molecule has 4 rings (SSSR count). The van der Waals surface area contributed by atoms with Gasteiger partial charge in [0.2, 0.25) is 11.7 Å². The standard InChI is InChI=1S/C25H25FN4O/c26-22-13-11-20(12-14-22)19-30(18-15-23-9-4-5-16-27-23)17-6-10-24-28-25(29-31-24)21-7-2-1-3-8-21/h1-5,7-9,11-14,16H,6,10,15,17-19H2. The summed E-state index contributed by atoms with van der Waals surface area (Å²) < 4.78 is 18.7. The lowest BCUT2D eigenvalue weighted by Gasteiger charge is -2.22. The summed E-state index contributed by atoms with van der Waals surface area (Å²) in [6.45, 7) is 2.49. The third-order valence-corrected chi connectivity index (χ3v) is 5.09. The van der Waals surface area contributed by atoms with Crippen molar-refractivity contribution in [2.24, 2.45) is 0 Å². The van der Waals surface area contributed by atoms with Gasteiger partial charge in [-0.1, -0.05) is 53.7 Å². The number of benzene rings is 2. The first-order valence-electron chi connectivity index (χ1n) is 10.5. The van der Waals surface area contributed by atoms with Crippen molar-refractivity contribution < 1.29 is 8.91 Å². The Labute approximate surface area is 181 Å². The van der Waals surface area contributed by atoms with Crippen LogP contribution in [0.3, 0.4) is 0 Å². The fraction of sp³-hybridized carbons (Fsp3) is 0.240. The number of hydrogen-bond acceptors (Lipinski definition) is 5. The summed E-state index contributed by atoms with van der Waals surface area (Å²) in [5, 5.41) is 4.09. The zero-order valence-electron chi connectivity index (χ0n) is 17.3. The van der Waals surface area contributed by atoms with Crippen LogP contribution < -0.4 is 0 Å². The Balaban J connectivity index is 1.34. The molecule has 0 bridgehead atoms. The molecule has 0 fully saturated rings. The van der Waals surface area contributed by atoms with Crippen LogP contribution >= 0.6 is 0 Å². The molecule has 0 aliphatic heterocycles. The summed E-state index contributed by atoms with van der Waals surface area (Å²) in [6.07, 6.45) is 4.28. The van der Waals surface area contributed by atoms with Crippen LogP contribution in [0.5, 0.6) is 0 Å². The van der Waals surface area contributed by atoms with E-state index in [0.29, 0.717) is 18.1 Å². The van der Waals surface area contributed by atoms with Gasteiger partial charge < -0.3 is 4.52 Å². The van der Waals surface area contributed by atoms with E-state index in [1.807, 2.05) is 66.9 Å². The number of aromatic nitrogens is 3. The molecule has 2 heterocycles. The minimum atomic E-state index is -0.214. The second kappa shape index (κ2) is 10.6. The van der Waals surface area contributed by atoms with E-state index in [-0.39, 0.29) is 5.82 Å². The van der Waals surface area contributed by atoms with Gasteiger partial charge in [0.15, 0.2) is 0 Å². The highest BCUT2D eigenvalue weighted by molar-refractivity contribution is 5.53. The smallest absolute Gasteiger partial charge is 0.227 e. The van der Waals surface area contributed by atoms with Crippen LogP contribution in [0.4, 0.5) is 4.39 Å². The molecule has 0 amide bonds. The molecule has 0 N–H and O–H groups in total. The van der Waals surface area contributed by atoms with Gasteiger partial charge in [0.1, 0.15) is 5.82 Å². The molecule has 2 aromatic heterocycles. The van der Waals surface area contributed by atoms with Gasteiger partial charge >= 0.3 is 0 Å². The quantitative estimate of drug-likeness (QED) is 0.366. The fourth-order valence-electron chi connectivity index (χ4n) is 3.45. The van der Waals surface area contributed by atoms with Crippen molar-refractivity contribution in [2.75, 3.05) is 13.1 Å². The Morgan fingerprint density at radius 2 is 1.65 bits per heavy atom. The first kappa shape index (κ1) is 20.9. The molecule has 0 aliphatic carbocycles. The lowest BCUT2D eigenvalue weighted by Crippen LogP contribution is -2.27. The first-order chi connectivity index (χ1) is 15.3. The van der Waals surface area contributed by atoms with Crippen molar-refractivity contribution in [1.29, 1.82) is 0 Å². The van der Waals surface area contributed by atoms with Crippen molar-refractivity contribution >= 4 is 0 Å². The van der Waals surface area contributed by atoms with Crippen LogP contribution in [0.2, 0.25) is 0 Å². The van der Waals surface area contributed by atoms with Gasteiger partial charge in [0.05, 0.1) is 0 Å². The Morgan fingerprint density at radius 3 is 2.42 bits per heavy atom. The Hall–Kier alpha value is -3.38. The average molecular weight is 417 g/mol. The summed E-state index contributed by atoms with van der Waals surface area (Å²) in [5.74, 6) is 1.05. The number of rotatable bonds is 10. The maximum Gasteiger partial charge on any atom is 0.227 e. The highest BCUT2D eigenvalue weighted by Crippen LogP contribution is 2.16. The molecule has 0 radical (unpaired) electrons. The topological polar surface area (TPSA) is 55.1 Å². The summed E-state index contributed by atoms with van der Waals surface area (Å²) >= 11 is 0.